The SMILES string of the molecule is Cc1cccc(-c2cc(C)ccn2)c1.Cc1cccc(Br)c1.Cc1ccnc(C)c1. The highest BCUT2D eigenvalue weighted by atomic mass is 79.9. The lowest BCUT2D eigenvalue weighted by molar-refractivity contribution is 1.18. The second-order valence-corrected chi connectivity index (χ2v) is 8.28. The molecule has 2 nitrogen and oxygen atoms in total. The maximum atomic E-state index is 4.35. The van der Waals surface area contributed by atoms with Crippen molar-refractivity contribution in [3.05, 3.63) is 118 Å². The standard InChI is InChI=1S/C13H13N.C7H7Br.C7H9N/c1-10-4-3-5-12(8-10)13-9-11(2)6-7-14-13;1-6-3-2-4-7(8)5-6;1-6-3-4-8-7(2)5-6/h3-9H,1-2H3;2-5H,1H3;3-5H,1-2H3. The van der Waals surface area contributed by atoms with E-state index in [4.69, 9.17) is 0 Å². The van der Waals surface area contributed by atoms with Gasteiger partial charge in [0, 0.05) is 28.1 Å². The van der Waals surface area contributed by atoms with E-state index in [1.807, 2.05) is 43.6 Å². The molecule has 2 aromatic carbocycles. The summed E-state index contributed by atoms with van der Waals surface area (Å²) in [4.78, 5) is 8.39. The summed E-state index contributed by atoms with van der Waals surface area (Å²) in [5.41, 5.74) is 8.41. The lowest BCUT2D eigenvalue weighted by atomic mass is 10.1. The zero-order valence-corrected chi connectivity index (χ0v) is 19.9. The Bertz CT molecular complexity index is 952. The van der Waals surface area contributed by atoms with Crippen molar-refractivity contribution in [2.24, 2.45) is 0 Å². The number of benzene rings is 2. The molecule has 0 fully saturated rings. The molecule has 3 heteroatoms. The Morgan fingerprint density at radius 2 is 1.13 bits per heavy atom. The summed E-state index contributed by atoms with van der Waals surface area (Å²) < 4.78 is 1.15. The molecular formula is C27H29BrN2. The van der Waals surface area contributed by atoms with Crippen LogP contribution in [0.15, 0.2) is 89.7 Å². The smallest absolute Gasteiger partial charge is 0.0704 e. The number of aryl methyl sites for hydroxylation is 5. The minimum atomic E-state index is 1.05. The fourth-order valence-electron chi connectivity index (χ4n) is 2.79. The molecule has 0 atom stereocenters. The van der Waals surface area contributed by atoms with Gasteiger partial charge in [0.15, 0.2) is 0 Å². The van der Waals surface area contributed by atoms with E-state index >= 15 is 0 Å². The van der Waals surface area contributed by atoms with E-state index in [0.717, 1.165) is 15.9 Å². The van der Waals surface area contributed by atoms with Gasteiger partial charge in [-0.05, 0) is 88.2 Å². The minimum absolute atomic E-state index is 1.05. The molecule has 0 saturated heterocycles. The lowest BCUT2D eigenvalue weighted by Gasteiger charge is -2.02. The molecule has 2 aromatic heterocycles. The first-order chi connectivity index (χ1) is 14.3. The van der Waals surface area contributed by atoms with Crippen LogP contribution in [0, 0.1) is 34.6 Å². The molecule has 0 spiro atoms. The lowest BCUT2D eigenvalue weighted by Crippen LogP contribution is -1.84. The van der Waals surface area contributed by atoms with Crippen LogP contribution < -0.4 is 0 Å². The largest absolute Gasteiger partial charge is 0.262 e. The number of nitrogens with zero attached hydrogens (tertiary/aromatic N) is 2. The Labute approximate surface area is 189 Å². The van der Waals surface area contributed by atoms with Gasteiger partial charge >= 0.3 is 0 Å². The molecule has 0 radical (unpaired) electrons. The zero-order chi connectivity index (χ0) is 21.9. The molecule has 0 saturated carbocycles. The van der Waals surface area contributed by atoms with E-state index in [-0.39, 0.29) is 0 Å². The van der Waals surface area contributed by atoms with Crippen molar-refractivity contribution in [2.75, 3.05) is 0 Å². The number of aromatic nitrogens is 2. The summed E-state index contributed by atoms with van der Waals surface area (Å²) in [6.45, 7) is 10.3. The molecule has 0 aliphatic heterocycles. The van der Waals surface area contributed by atoms with Crippen LogP contribution in [-0.2, 0) is 0 Å². The first-order valence-electron chi connectivity index (χ1n) is 9.94. The second kappa shape index (κ2) is 12.0. The molecule has 0 amide bonds. The van der Waals surface area contributed by atoms with Gasteiger partial charge in [-0.1, -0.05) is 57.4 Å². The van der Waals surface area contributed by atoms with Crippen molar-refractivity contribution in [1.29, 1.82) is 0 Å². The zero-order valence-electron chi connectivity index (χ0n) is 18.4. The monoisotopic (exact) mass is 460 g/mol. The normalized spacial score (nSPS) is 9.67. The van der Waals surface area contributed by atoms with E-state index in [1.165, 1.54) is 27.8 Å². The minimum Gasteiger partial charge on any atom is -0.262 e. The van der Waals surface area contributed by atoms with Crippen molar-refractivity contribution in [3.63, 3.8) is 0 Å². The Morgan fingerprint density at radius 3 is 1.60 bits per heavy atom. The quantitative estimate of drug-likeness (QED) is 0.289. The van der Waals surface area contributed by atoms with E-state index in [9.17, 15) is 0 Å². The molecule has 0 unspecified atom stereocenters. The van der Waals surface area contributed by atoms with Gasteiger partial charge in [0.25, 0.3) is 0 Å². The number of hydrogen-bond donors (Lipinski definition) is 0. The summed E-state index contributed by atoms with van der Waals surface area (Å²) in [6.07, 6.45) is 3.68. The highest BCUT2D eigenvalue weighted by Crippen LogP contribution is 2.18. The predicted molar refractivity (Wildman–Crippen MR) is 132 cm³/mol. The maximum absolute atomic E-state index is 4.35. The Balaban J connectivity index is 0.000000172. The van der Waals surface area contributed by atoms with Crippen LogP contribution in [-0.4, -0.2) is 9.97 Å². The van der Waals surface area contributed by atoms with Gasteiger partial charge in [0.1, 0.15) is 0 Å². The van der Waals surface area contributed by atoms with Gasteiger partial charge in [0.2, 0.25) is 0 Å². The molecule has 0 N–H and O–H groups in total. The second-order valence-electron chi connectivity index (χ2n) is 7.36. The summed E-state index contributed by atoms with van der Waals surface area (Å²) in [5, 5.41) is 0. The fourth-order valence-corrected chi connectivity index (χ4v) is 3.30. The molecule has 0 aliphatic carbocycles. The highest BCUT2D eigenvalue weighted by molar-refractivity contribution is 9.10. The van der Waals surface area contributed by atoms with Crippen LogP contribution in [0.25, 0.3) is 11.3 Å². The number of rotatable bonds is 1. The molecule has 4 aromatic rings. The van der Waals surface area contributed by atoms with Crippen molar-refractivity contribution >= 4 is 15.9 Å². The average molecular weight is 461 g/mol. The summed E-state index contributed by atoms with van der Waals surface area (Å²) in [5.74, 6) is 0. The van der Waals surface area contributed by atoms with Crippen molar-refractivity contribution in [3.8, 4) is 11.3 Å². The topological polar surface area (TPSA) is 25.8 Å². The molecule has 0 aliphatic rings. The third-order valence-corrected chi connectivity index (χ3v) is 4.75. The molecule has 2 heterocycles. The van der Waals surface area contributed by atoms with Gasteiger partial charge in [-0.15, -0.1) is 0 Å². The van der Waals surface area contributed by atoms with E-state index in [1.54, 1.807) is 0 Å². The first kappa shape index (κ1) is 23.5. The Morgan fingerprint density at radius 1 is 0.567 bits per heavy atom. The van der Waals surface area contributed by atoms with Gasteiger partial charge in [-0.2, -0.15) is 0 Å². The van der Waals surface area contributed by atoms with Crippen LogP contribution in [0.3, 0.4) is 0 Å². The van der Waals surface area contributed by atoms with Gasteiger partial charge in [-0.3, -0.25) is 9.97 Å². The van der Waals surface area contributed by atoms with Crippen LogP contribution >= 0.6 is 15.9 Å². The van der Waals surface area contributed by atoms with Gasteiger partial charge < -0.3 is 0 Å². The highest BCUT2D eigenvalue weighted by Gasteiger charge is 1.98. The summed E-state index contributed by atoms with van der Waals surface area (Å²) >= 11 is 3.36. The van der Waals surface area contributed by atoms with Crippen molar-refractivity contribution in [2.45, 2.75) is 34.6 Å². The summed E-state index contributed by atoms with van der Waals surface area (Å²) in [6, 6.07) is 24.8. The van der Waals surface area contributed by atoms with Crippen LogP contribution in [0.1, 0.15) is 27.9 Å². The van der Waals surface area contributed by atoms with E-state index in [0.29, 0.717) is 0 Å². The number of halogens is 1. The van der Waals surface area contributed by atoms with Gasteiger partial charge in [0.05, 0.1) is 5.69 Å². The number of hydrogen-bond acceptors (Lipinski definition) is 2. The predicted octanol–water partition coefficient (Wildman–Crippen LogP) is 7.82. The maximum Gasteiger partial charge on any atom is 0.0704 e. The Kier molecular flexibility index (Phi) is 9.43. The summed E-state index contributed by atoms with van der Waals surface area (Å²) in [7, 11) is 0. The molecule has 30 heavy (non-hydrogen) atoms. The first-order valence-corrected chi connectivity index (χ1v) is 10.7. The molecule has 0 bridgehead atoms. The number of pyridine rings is 2. The fraction of sp³-hybridized carbons (Fsp3) is 0.185. The third-order valence-electron chi connectivity index (χ3n) is 4.26. The van der Waals surface area contributed by atoms with Crippen LogP contribution in [0.4, 0.5) is 0 Å². The van der Waals surface area contributed by atoms with Crippen molar-refractivity contribution in [1.82, 2.24) is 9.97 Å². The molecule has 154 valence electrons. The van der Waals surface area contributed by atoms with Gasteiger partial charge in [-0.25, -0.2) is 0 Å². The molecular weight excluding hydrogens is 432 g/mol. The van der Waals surface area contributed by atoms with Crippen LogP contribution in [0.5, 0.6) is 0 Å². The van der Waals surface area contributed by atoms with E-state index in [2.05, 4.69) is 102 Å². The van der Waals surface area contributed by atoms with Crippen molar-refractivity contribution < 1.29 is 0 Å². The average Bonchev–Trinajstić information content (AvgIpc) is 2.69. The third kappa shape index (κ3) is 8.71. The molecule has 4 rings (SSSR count). The van der Waals surface area contributed by atoms with E-state index < -0.39 is 0 Å². The van der Waals surface area contributed by atoms with Crippen LogP contribution in [0.2, 0.25) is 0 Å². The Hall–Kier alpha value is -2.78.